The van der Waals surface area contributed by atoms with Gasteiger partial charge in [0.25, 0.3) is 0 Å². The first-order valence-electron chi connectivity index (χ1n) is 9.13. The number of nitrogens with one attached hydrogen (secondary N) is 2. The highest BCUT2D eigenvalue weighted by atomic mass is 16.5. The second kappa shape index (κ2) is 8.27. The second-order valence-electron chi connectivity index (χ2n) is 6.84. The van der Waals surface area contributed by atoms with Gasteiger partial charge in [0, 0.05) is 16.9 Å². The molecule has 0 saturated carbocycles. The number of benzene rings is 1. The molecule has 1 atom stereocenters. The number of aliphatic hydroxyl groups is 1. The molecule has 1 aromatic carbocycles. The lowest BCUT2D eigenvalue weighted by molar-refractivity contribution is 0.0455. The van der Waals surface area contributed by atoms with Crippen LogP contribution in [0.25, 0.3) is 0 Å². The smallest absolute Gasteiger partial charge is 0.355 e. The zero-order chi connectivity index (χ0) is 21.1. The van der Waals surface area contributed by atoms with E-state index in [-0.39, 0.29) is 24.3 Å². The van der Waals surface area contributed by atoms with Crippen molar-refractivity contribution in [2.45, 2.75) is 40.4 Å². The third-order valence-corrected chi connectivity index (χ3v) is 4.46. The number of aromatic nitrogens is 4. The zero-order valence-electron chi connectivity index (χ0n) is 16.8. The lowest BCUT2D eigenvalue weighted by atomic mass is 10.1. The lowest BCUT2D eigenvalue weighted by Crippen LogP contribution is -2.12. The van der Waals surface area contributed by atoms with Crippen LogP contribution in [0.15, 0.2) is 24.3 Å². The van der Waals surface area contributed by atoms with E-state index in [9.17, 15) is 9.90 Å². The number of anilines is 3. The van der Waals surface area contributed by atoms with Crippen molar-refractivity contribution in [1.29, 1.82) is 0 Å². The van der Waals surface area contributed by atoms with Crippen molar-refractivity contribution in [3.63, 3.8) is 0 Å². The molecule has 0 amide bonds. The molecule has 0 aliphatic rings. The fourth-order valence-electron chi connectivity index (χ4n) is 3.12. The Morgan fingerprint density at radius 1 is 1.21 bits per heavy atom. The van der Waals surface area contributed by atoms with Crippen molar-refractivity contribution in [2.24, 2.45) is 0 Å². The number of aromatic amines is 1. The van der Waals surface area contributed by atoms with Crippen molar-refractivity contribution >= 4 is 23.6 Å². The molecule has 0 spiro atoms. The first-order valence-corrected chi connectivity index (χ1v) is 9.13. The van der Waals surface area contributed by atoms with Gasteiger partial charge >= 0.3 is 5.97 Å². The van der Waals surface area contributed by atoms with Gasteiger partial charge in [-0.05, 0) is 45.4 Å². The standard InChI is InChI=1S/C20H24N6O3/c1-10-5-7-14(8-6-10)23-20-25-15(24-19(21)26-20)9-29-18(28)17-11(2)16(13(4)27)12(3)22-17/h5-8,13,22,27H,9H2,1-4H3,(H3,21,23,24,25,26)/t13-/m1/s1. The van der Waals surface area contributed by atoms with Gasteiger partial charge in [0.2, 0.25) is 11.9 Å². The highest BCUT2D eigenvalue weighted by Gasteiger charge is 2.21. The van der Waals surface area contributed by atoms with Crippen LogP contribution in [0.4, 0.5) is 17.6 Å². The van der Waals surface area contributed by atoms with Crippen LogP contribution in [0, 0.1) is 20.8 Å². The number of hydrogen-bond donors (Lipinski definition) is 4. The fraction of sp³-hybridized carbons (Fsp3) is 0.300. The number of hydrogen-bond acceptors (Lipinski definition) is 8. The molecule has 9 heteroatoms. The number of carbonyl (C=O) groups is 1. The highest BCUT2D eigenvalue weighted by Crippen LogP contribution is 2.25. The van der Waals surface area contributed by atoms with Crippen LogP contribution in [0.2, 0.25) is 0 Å². The molecule has 9 nitrogen and oxygen atoms in total. The first-order chi connectivity index (χ1) is 13.7. The minimum absolute atomic E-state index is 0.0175. The van der Waals surface area contributed by atoms with Crippen LogP contribution >= 0.6 is 0 Å². The monoisotopic (exact) mass is 396 g/mol. The Labute approximate surface area is 168 Å². The van der Waals surface area contributed by atoms with E-state index in [1.807, 2.05) is 31.2 Å². The average Bonchev–Trinajstić information content (AvgIpc) is 2.95. The number of nitrogens with two attached hydrogens (primary N) is 1. The van der Waals surface area contributed by atoms with Crippen LogP contribution < -0.4 is 11.1 Å². The second-order valence-corrected chi connectivity index (χ2v) is 6.84. The molecule has 0 saturated heterocycles. The van der Waals surface area contributed by atoms with Gasteiger partial charge in [-0.25, -0.2) is 4.79 Å². The summed E-state index contributed by atoms with van der Waals surface area (Å²) in [6, 6.07) is 7.70. The summed E-state index contributed by atoms with van der Waals surface area (Å²) in [5.41, 5.74) is 10.0. The molecular formula is C20H24N6O3. The minimum Gasteiger partial charge on any atom is -0.453 e. The number of nitrogens with zero attached hydrogens (tertiary/aromatic N) is 3. The van der Waals surface area contributed by atoms with E-state index in [1.165, 1.54) is 0 Å². The number of aryl methyl sites for hydroxylation is 2. The van der Waals surface area contributed by atoms with E-state index in [4.69, 9.17) is 10.5 Å². The van der Waals surface area contributed by atoms with Crippen LogP contribution in [0.1, 0.15) is 51.7 Å². The molecule has 0 radical (unpaired) electrons. The number of nitrogen functional groups attached to an aromatic ring is 1. The number of ether oxygens (including phenoxy) is 1. The number of esters is 1. The summed E-state index contributed by atoms with van der Waals surface area (Å²) in [6.07, 6.45) is -0.688. The Morgan fingerprint density at radius 2 is 1.90 bits per heavy atom. The molecular weight excluding hydrogens is 372 g/mol. The molecule has 0 aliphatic carbocycles. The highest BCUT2D eigenvalue weighted by molar-refractivity contribution is 5.89. The predicted octanol–water partition coefficient (Wildman–Crippen LogP) is 2.86. The van der Waals surface area contributed by atoms with Crippen LogP contribution in [0.3, 0.4) is 0 Å². The number of H-pyrrole nitrogens is 1. The number of aliphatic hydroxyl groups excluding tert-OH is 1. The Kier molecular flexibility index (Phi) is 5.79. The van der Waals surface area contributed by atoms with E-state index < -0.39 is 12.1 Å². The largest absolute Gasteiger partial charge is 0.453 e. The summed E-state index contributed by atoms with van der Waals surface area (Å²) in [5.74, 6) is -0.0682. The first kappa shape index (κ1) is 20.3. The topological polar surface area (TPSA) is 139 Å². The predicted molar refractivity (Wildman–Crippen MR) is 109 cm³/mol. The average molecular weight is 396 g/mol. The van der Waals surface area contributed by atoms with Gasteiger partial charge in [-0.3, -0.25) is 0 Å². The normalized spacial score (nSPS) is 11.9. The Balaban J connectivity index is 1.72. The summed E-state index contributed by atoms with van der Waals surface area (Å²) >= 11 is 0. The number of rotatable bonds is 6. The van der Waals surface area contributed by atoms with E-state index >= 15 is 0 Å². The quantitative estimate of drug-likeness (QED) is 0.466. The summed E-state index contributed by atoms with van der Waals surface area (Å²) in [5, 5.41) is 12.9. The molecule has 0 unspecified atom stereocenters. The van der Waals surface area contributed by atoms with Gasteiger partial charge < -0.3 is 25.9 Å². The van der Waals surface area contributed by atoms with Crippen molar-refractivity contribution in [3.8, 4) is 0 Å². The fourth-order valence-corrected chi connectivity index (χ4v) is 3.12. The summed E-state index contributed by atoms with van der Waals surface area (Å²) in [4.78, 5) is 27.8. The molecule has 152 valence electrons. The minimum atomic E-state index is -0.688. The van der Waals surface area contributed by atoms with Crippen molar-refractivity contribution < 1.29 is 14.6 Å². The Morgan fingerprint density at radius 3 is 2.52 bits per heavy atom. The zero-order valence-corrected chi connectivity index (χ0v) is 16.8. The summed E-state index contributed by atoms with van der Waals surface area (Å²) < 4.78 is 5.33. The molecule has 0 fully saturated rings. The maximum atomic E-state index is 12.5. The SMILES string of the molecule is Cc1ccc(Nc2nc(N)nc(COC(=O)c3[nH]c(C)c([C@@H](C)O)c3C)n2)cc1. The molecule has 3 aromatic rings. The van der Waals surface area contributed by atoms with Gasteiger partial charge in [0.15, 0.2) is 12.4 Å². The Bertz CT molecular complexity index is 1030. The number of carbonyl (C=O) groups excluding carboxylic acids is 1. The van der Waals surface area contributed by atoms with E-state index in [1.54, 1.807) is 20.8 Å². The summed E-state index contributed by atoms with van der Waals surface area (Å²) in [7, 11) is 0. The van der Waals surface area contributed by atoms with Crippen molar-refractivity contribution in [3.05, 3.63) is 58.2 Å². The van der Waals surface area contributed by atoms with Crippen LogP contribution in [-0.2, 0) is 11.3 Å². The molecule has 2 aromatic heterocycles. The molecule has 2 heterocycles. The third-order valence-electron chi connectivity index (χ3n) is 4.46. The maximum absolute atomic E-state index is 12.5. The third kappa shape index (κ3) is 4.69. The van der Waals surface area contributed by atoms with Gasteiger partial charge in [-0.2, -0.15) is 15.0 Å². The maximum Gasteiger partial charge on any atom is 0.355 e. The van der Waals surface area contributed by atoms with E-state index in [0.29, 0.717) is 16.8 Å². The van der Waals surface area contributed by atoms with Gasteiger partial charge in [-0.1, -0.05) is 17.7 Å². The Hall–Kier alpha value is -3.46. The van der Waals surface area contributed by atoms with E-state index in [2.05, 4.69) is 25.3 Å². The van der Waals surface area contributed by atoms with E-state index in [0.717, 1.165) is 16.9 Å². The van der Waals surface area contributed by atoms with Gasteiger partial charge in [0.05, 0.1) is 6.10 Å². The van der Waals surface area contributed by atoms with Gasteiger partial charge in [-0.15, -0.1) is 0 Å². The van der Waals surface area contributed by atoms with Crippen LogP contribution in [0.5, 0.6) is 0 Å². The van der Waals surface area contributed by atoms with Gasteiger partial charge in [0.1, 0.15) is 5.69 Å². The van der Waals surface area contributed by atoms with Crippen molar-refractivity contribution in [2.75, 3.05) is 11.1 Å². The van der Waals surface area contributed by atoms with Crippen LogP contribution in [-0.4, -0.2) is 31.0 Å². The molecule has 3 rings (SSSR count). The summed E-state index contributed by atoms with van der Waals surface area (Å²) in [6.45, 7) is 7.02. The molecule has 0 bridgehead atoms. The van der Waals surface area contributed by atoms with Crippen molar-refractivity contribution in [1.82, 2.24) is 19.9 Å². The lowest BCUT2D eigenvalue weighted by Gasteiger charge is -2.08. The molecule has 29 heavy (non-hydrogen) atoms. The molecule has 0 aliphatic heterocycles. The molecule has 5 N–H and O–H groups in total.